The number of unbranched alkanes of at least 4 members (excludes halogenated alkanes) is 4. The molecule has 0 saturated heterocycles. The second-order valence-electron chi connectivity index (χ2n) is 10.4. The van der Waals surface area contributed by atoms with Gasteiger partial charge in [0.1, 0.15) is 22.5 Å². The number of rotatable bonds is 8. The Morgan fingerprint density at radius 1 is 0.788 bits per heavy atom. The normalized spacial score (nSPS) is 25.1. The van der Waals surface area contributed by atoms with E-state index in [9.17, 15) is 13.2 Å². The largest absolute Gasteiger partial charge is 0.206 e. The van der Waals surface area contributed by atoms with Crippen molar-refractivity contribution >= 4 is 11.6 Å². The zero-order valence-corrected chi connectivity index (χ0v) is 20.4. The van der Waals surface area contributed by atoms with Gasteiger partial charge in [-0.3, -0.25) is 0 Å². The van der Waals surface area contributed by atoms with Crippen LogP contribution in [-0.4, -0.2) is 0 Å². The number of halogens is 4. The predicted octanol–water partition coefficient (Wildman–Crippen LogP) is 10.1. The first-order chi connectivity index (χ1) is 16.0. The Morgan fingerprint density at radius 2 is 1.48 bits per heavy atom. The van der Waals surface area contributed by atoms with E-state index < -0.39 is 22.5 Å². The van der Waals surface area contributed by atoms with Crippen LogP contribution < -0.4 is 0 Å². The Hall–Kier alpha value is -1.48. The van der Waals surface area contributed by atoms with Gasteiger partial charge in [-0.1, -0.05) is 75.6 Å². The number of hydrogen-bond donors (Lipinski definition) is 0. The van der Waals surface area contributed by atoms with E-state index in [0.717, 1.165) is 48.3 Å². The molecule has 4 heteroatoms. The molecule has 2 aliphatic rings. The summed E-state index contributed by atoms with van der Waals surface area (Å²) in [4.78, 5) is 0. The fourth-order valence-electron chi connectivity index (χ4n) is 6.32. The highest BCUT2D eigenvalue weighted by Crippen LogP contribution is 2.48. The van der Waals surface area contributed by atoms with Crippen molar-refractivity contribution in [1.29, 1.82) is 0 Å². The SMILES string of the molecule is CCCCCCCC1CCC2CC(c3ccc(-c4cc(F)c(Cl)c(F)c4)c(F)c3)CCC2C1. The maximum Gasteiger partial charge on any atom is 0.145 e. The highest BCUT2D eigenvalue weighted by atomic mass is 35.5. The third kappa shape index (κ3) is 5.96. The van der Waals surface area contributed by atoms with Crippen molar-refractivity contribution in [2.45, 2.75) is 89.9 Å². The first kappa shape index (κ1) is 24.6. The minimum Gasteiger partial charge on any atom is -0.206 e. The van der Waals surface area contributed by atoms with Crippen LogP contribution >= 0.6 is 11.6 Å². The molecule has 0 aliphatic heterocycles. The van der Waals surface area contributed by atoms with Gasteiger partial charge in [-0.2, -0.15) is 0 Å². The molecule has 180 valence electrons. The molecule has 0 radical (unpaired) electrons. The van der Waals surface area contributed by atoms with Gasteiger partial charge in [-0.15, -0.1) is 0 Å². The molecule has 33 heavy (non-hydrogen) atoms. The van der Waals surface area contributed by atoms with E-state index in [0.29, 0.717) is 5.92 Å². The lowest BCUT2D eigenvalue weighted by Crippen LogP contribution is -2.30. The number of benzene rings is 2. The summed E-state index contributed by atoms with van der Waals surface area (Å²) < 4.78 is 42.6. The number of hydrogen-bond acceptors (Lipinski definition) is 0. The molecular weight excluding hydrogens is 441 g/mol. The molecule has 0 nitrogen and oxygen atoms in total. The first-order valence-electron chi connectivity index (χ1n) is 12.9. The Balaban J connectivity index is 1.35. The molecule has 0 bridgehead atoms. The summed E-state index contributed by atoms with van der Waals surface area (Å²) in [5, 5.41) is -0.557. The van der Waals surface area contributed by atoms with E-state index in [2.05, 4.69) is 6.92 Å². The first-order valence-corrected chi connectivity index (χ1v) is 13.3. The van der Waals surface area contributed by atoms with E-state index in [1.54, 1.807) is 12.1 Å². The van der Waals surface area contributed by atoms with Crippen LogP contribution in [0.5, 0.6) is 0 Å². The minimum absolute atomic E-state index is 0.176. The lowest BCUT2D eigenvalue weighted by Gasteiger charge is -2.42. The van der Waals surface area contributed by atoms with Gasteiger partial charge in [0.15, 0.2) is 0 Å². The van der Waals surface area contributed by atoms with Crippen molar-refractivity contribution < 1.29 is 13.2 Å². The molecular formula is C29H36ClF3. The van der Waals surface area contributed by atoms with Crippen LogP contribution in [0.4, 0.5) is 13.2 Å². The van der Waals surface area contributed by atoms with Gasteiger partial charge in [0.2, 0.25) is 0 Å². The van der Waals surface area contributed by atoms with Gasteiger partial charge >= 0.3 is 0 Å². The molecule has 2 saturated carbocycles. The zero-order valence-electron chi connectivity index (χ0n) is 19.7. The van der Waals surface area contributed by atoms with E-state index in [1.807, 2.05) is 6.07 Å². The maximum absolute atomic E-state index is 15.0. The monoisotopic (exact) mass is 476 g/mol. The molecule has 2 fully saturated rings. The average Bonchev–Trinajstić information content (AvgIpc) is 2.81. The Kier molecular flexibility index (Phi) is 8.43. The average molecular weight is 477 g/mol. The lowest BCUT2D eigenvalue weighted by atomic mass is 9.63. The van der Waals surface area contributed by atoms with Crippen molar-refractivity contribution in [3.63, 3.8) is 0 Å². The van der Waals surface area contributed by atoms with Crippen molar-refractivity contribution in [2.24, 2.45) is 17.8 Å². The van der Waals surface area contributed by atoms with Crippen molar-refractivity contribution in [1.82, 2.24) is 0 Å². The van der Waals surface area contributed by atoms with Crippen molar-refractivity contribution in [3.05, 3.63) is 58.4 Å². The summed E-state index contributed by atoms with van der Waals surface area (Å²) in [7, 11) is 0. The third-order valence-corrected chi connectivity index (χ3v) is 8.56. The van der Waals surface area contributed by atoms with Gasteiger partial charge in [0.25, 0.3) is 0 Å². The Morgan fingerprint density at radius 3 is 2.21 bits per heavy atom. The maximum atomic E-state index is 15.0. The standard InChI is InChI=1S/C29H36ClF3/c1-2-3-4-5-6-7-19-8-9-21-15-22(11-10-20(21)14-19)23-12-13-25(26(31)16-23)24-17-27(32)29(30)28(33)18-24/h12-13,16-22H,2-11,14-15H2,1H3. The second-order valence-corrected chi connectivity index (χ2v) is 10.8. The van der Waals surface area contributed by atoms with Crippen molar-refractivity contribution in [2.75, 3.05) is 0 Å². The van der Waals surface area contributed by atoms with Crippen molar-refractivity contribution in [3.8, 4) is 11.1 Å². The van der Waals surface area contributed by atoms with Crippen LogP contribution in [0.1, 0.15) is 95.5 Å². The van der Waals surface area contributed by atoms with Gasteiger partial charge in [0, 0.05) is 5.56 Å². The highest BCUT2D eigenvalue weighted by Gasteiger charge is 2.36. The topological polar surface area (TPSA) is 0 Å². The summed E-state index contributed by atoms with van der Waals surface area (Å²) in [5.74, 6) is 0.694. The van der Waals surface area contributed by atoms with Crippen LogP contribution in [0.3, 0.4) is 0 Å². The Bertz CT molecular complexity index is 917. The predicted molar refractivity (Wildman–Crippen MR) is 131 cm³/mol. The molecule has 2 aromatic rings. The molecule has 4 rings (SSSR count). The molecule has 2 aromatic carbocycles. The molecule has 0 spiro atoms. The fourth-order valence-corrected chi connectivity index (χ4v) is 6.43. The van der Waals surface area contributed by atoms with Crippen LogP contribution in [0.15, 0.2) is 30.3 Å². The summed E-state index contributed by atoms with van der Waals surface area (Å²) in [6, 6.07) is 7.37. The van der Waals surface area contributed by atoms with E-state index in [1.165, 1.54) is 64.2 Å². The highest BCUT2D eigenvalue weighted by molar-refractivity contribution is 6.31. The quantitative estimate of drug-likeness (QED) is 0.262. The van der Waals surface area contributed by atoms with Crippen LogP contribution in [0.25, 0.3) is 11.1 Å². The minimum atomic E-state index is -0.870. The van der Waals surface area contributed by atoms with Gasteiger partial charge in [-0.25, -0.2) is 13.2 Å². The lowest BCUT2D eigenvalue weighted by molar-refractivity contribution is 0.113. The summed E-state index contributed by atoms with van der Waals surface area (Å²) in [5.41, 5.74) is 1.40. The summed E-state index contributed by atoms with van der Waals surface area (Å²) in [6.45, 7) is 2.27. The van der Waals surface area contributed by atoms with E-state index in [4.69, 9.17) is 11.6 Å². The smallest absolute Gasteiger partial charge is 0.145 e. The molecule has 0 amide bonds. The molecule has 4 unspecified atom stereocenters. The molecule has 4 atom stereocenters. The van der Waals surface area contributed by atoms with Crippen LogP contribution in [0, 0.1) is 35.2 Å². The van der Waals surface area contributed by atoms with E-state index >= 15 is 0 Å². The molecule has 0 heterocycles. The van der Waals surface area contributed by atoms with E-state index in [-0.39, 0.29) is 11.1 Å². The second kappa shape index (κ2) is 11.3. The molecule has 0 N–H and O–H groups in total. The third-order valence-electron chi connectivity index (χ3n) is 8.20. The van der Waals surface area contributed by atoms with Gasteiger partial charge < -0.3 is 0 Å². The van der Waals surface area contributed by atoms with Crippen LogP contribution in [-0.2, 0) is 0 Å². The summed E-state index contributed by atoms with van der Waals surface area (Å²) in [6.07, 6.45) is 15.7. The van der Waals surface area contributed by atoms with Gasteiger partial charge in [-0.05, 0) is 85.1 Å². The Labute approximate surface area is 201 Å². The zero-order chi connectivity index (χ0) is 23.4. The number of fused-ring (bicyclic) bond motifs is 1. The molecule has 2 aliphatic carbocycles. The van der Waals surface area contributed by atoms with Gasteiger partial charge in [0.05, 0.1) is 0 Å². The summed E-state index contributed by atoms with van der Waals surface area (Å²) >= 11 is 5.57. The fraction of sp³-hybridized carbons (Fsp3) is 0.586. The molecule has 0 aromatic heterocycles. The van der Waals surface area contributed by atoms with Crippen LogP contribution in [0.2, 0.25) is 5.02 Å².